The SMILES string of the molecule is NC(=O)c1cc(F)cc2c1C(=O)N(C1CCN(C3CCC4(CC3)CC4)CC1)C2. The van der Waals surface area contributed by atoms with E-state index in [0.717, 1.165) is 37.4 Å². The number of fused-ring (bicyclic) bond motifs is 1. The van der Waals surface area contributed by atoms with Gasteiger partial charge in [-0.15, -0.1) is 0 Å². The summed E-state index contributed by atoms with van der Waals surface area (Å²) in [6.45, 7) is 2.40. The van der Waals surface area contributed by atoms with Crippen molar-refractivity contribution in [3.8, 4) is 0 Å². The van der Waals surface area contributed by atoms with Crippen molar-refractivity contribution in [3.05, 3.63) is 34.6 Å². The van der Waals surface area contributed by atoms with Gasteiger partial charge in [-0.25, -0.2) is 4.39 Å². The van der Waals surface area contributed by atoms with Crippen molar-refractivity contribution in [2.45, 2.75) is 70.0 Å². The lowest BCUT2D eigenvalue weighted by molar-refractivity contribution is 0.0473. The molecule has 0 atom stereocenters. The molecule has 2 aliphatic heterocycles. The van der Waals surface area contributed by atoms with Gasteiger partial charge in [0.1, 0.15) is 5.82 Å². The molecule has 2 N–H and O–H groups in total. The molecule has 1 spiro atoms. The minimum Gasteiger partial charge on any atom is -0.366 e. The van der Waals surface area contributed by atoms with Crippen LogP contribution >= 0.6 is 0 Å². The highest BCUT2D eigenvalue weighted by atomic mass is 19.1. The summed E-state index contributed by atoms with van der Waals surface area (Å²) >= 11 is 0. The molecular weight excluding hydrogens is 357 g/mol. The zero-order valence-corrected chi connectivity index (χ0v) is 16.3. The maximum atomic E-state index is 13.9. The Morgan fingerprint density at radius 3 is 2.32 bits per heavy atom. The fraction of sp³-hybridized carbons (Fsp3) is 0.636. The molecule has 5 nitrogen and oxygen atoms in total. The van der Waals surface area contributed by atoms with Crippen LogP contribution in [0.3, 0.4) is 0 Å². The van der Waals surface area contributed by atoms with Crippen LogP contribution in [0.4, 0.5) is 4.39 Å². The molecule has 2 saturated carbocycles. The molecule has 6 heteroatoms. The maximum absolute atomic E-state index is 13.9. The third kappa shape index (κ3) is 3.02. The number of rotatable bonds is 3. The molecular formula is C22H28FN3O2. The molecule has 0 bridgehead atoms. The van der Waals surface area contributed by atoms with Crippen molar-refractivity contribution in [1.29, 1.82) is 0 Å². The minimum atomic E-state index is -0.744. The largest absolute Gasteiger partial charge is 0.366 e. The monoisotopic (exact) mass is 385 g/mol. The maximum Gasteiger partial charge on any atom is 0.255 e. The molecule has 28 heavy (non-hydrogen) atoms. The van der Waals surface area contributed by atoms with Crippen LogP contribution in [0.5, 0.6) is 0 Å². The lowest BCUT2D eigenvalue weighted by Gasteiger charge is -2.42. The number of likely N-dealkylation sites (tertiary alicyclic amines) is 1. The zero-order chi connectivity index (χ0) is 19.5. The fourth-order valence-corrected chi connectivity index (χ4v) is 5.75. The number of amides is 2. The first-order valence-corrected chi connectivity index (χ1v) is 10.6. The van der Waals surface area contributed by atoms with E-state index in [1.165, 1.54) is 44.6 Å². The van der Waals surface area contributed by atoms with Crippen LogP contribution in [0.2, 0.25) is 0 Å². The second-order valence-electron chi connectivity index (χ2n) is 9.28. The van der Waals surface area contributed by atoms with E-state index >= 15 is 0 Å². The van der Waals surface area contributed by atoms with Crippen LogP contribution in [0.1, 0.15) is 77.6 Å². The Bertz CT molecular complexity index is 817. The van der Waals surface area contributed by atoms with Crippen LogP contribution < -0.4 is 5.73 Å². The Balaban J connectivity index is 1.24. The molecule has 2 amide bonds. The number of hydrogen-bond acceptors (Lipinski definition) is 3. The summed E-state index contributed by atoms with van der Waals surface area (Å²) < 4.78 is 13.9. The van der Waals surface area contributed by atoms with E-state index in [1.807, 2.05) is 4.90 Å². The Morgan fingerprint density at radius 1 is 1.04 bits per heavy atom. The molecule has 0 aromatic heterocycles. The van der Waals surface area contributed by atoms with Crippen LogP contribution in [0.25, 0.3) is 0 Å². The zero-order valence-electron chi connectivity index (χ0n) is 16.3. The van der Waals surface area contributed by atoms with Crippen molar-refractivity contribution >= 4 is 11.8 Å². The van der Waals surface area contributed by atoms with Gasteiger partial charge in [-0.05, 0) is 74.5 Å². The van der Waals surface area contributed by atoms with Crippen LogP contribution in [-0.2, 0) is 6.54 Å². The van der Waals surface area contributed by atoms with Crippen molar-refractivity contribution < 1.29 is 14.0 Å². The van der Waals surface area contributed by atoms with Crippen molar-refractivity contribution in [3.63, 3.8) is 0 Å². The van der Waals surface area contributed by atoms with Gasteiger partial charge in [0.2, 0.25) is 5.91 Å². The standard InChI is InChI=1S/C22H28FN3O2/c23-15-11-14-13-26(21(28)19(14)18(12-15)20(24)27)17-3-9-25(10-4-17)16-1-5-22(6-2-16)7-8-22/h11-12,16-17H,1-10,13H2,(H2,24,27). The number of piperidine rings is 1. The highest BCUT2D eigenvalue weighted by molar-refractivity contribution is 6.09. The summed E-state index contributed by atoms with van der Waals surface area (Å²) in [5.41, 5.74) is 7.00. The molecule has 0 radical (unpaired) electrons. The molecule has 1 saturated heterocycles. The molecule has 0 unspecified atom stereocenters. The Morgan fingerprint density at radius 2 is 1.71 bits per heavy atom. The van der Waals surface area contributed by atoms with E-state index in [0.29, 0.717) is 23.7 Å². The Kier molecular flexibility index (Phi) is 4.23. The predicted octanol–water partition coefficient (Wildman–Crippen LogP) is 3.07. The van der Waals surface area contributed by atoms with Gasteiger partial charge in [-0.2, -0.15) is 0 Å². The molecule has 5 rings (SSSR count). The number of hydrogen-bond donors (Lipinski definition) is 1. The quantitative estimate of drug-likeness (QED) is 0.870. The summed E-state index contributed by atoms with van der Waals surface area (Å²) in [4.78, 5) is 29.1. The van der Waals surface area contributed by atoms with E-state index in [2.05, 4.69) is 4.90 Å². The fourth-order valence-electron chi connectivity index (χ4n) is 5.75. The average molecular weight is 385 g/mol. The van der Waals surface area contributed by atoms with E-state index < -0.39 is 11.7 Å². The highest BCUT2D eigenvalue weighted by Crippen LogP contribution is 2.56. The number of carbonyl (C=O) groups is 2. The molecule has 2 aliphatic carbocycles. The summed E-state index contributed by atoms with van der Waals surface area (Å²) in [5.74, 6) is -1.43. The number of halogens is 1. The third-order valence-corrected chi connectivity index (χ3v) is 7.69. The van der Waals surface area contributed by atoms with Gasteiger partial charge >= 0.3 is 0 Å². The van der Waals surface area contributed by atoms with Gasteiger partial charge in [-0.3, -0.25) is 9.59 Å². The lowest BCUT2D eigenvalue weighted by Crippen LogP contribution is -2.49. The number of nitrogens with two attached hydrogens (primary N) is 1. The number of carbonyl (C=O) groups excluding carboxylic acids is 2. The molecule has 3 fully saturated rings. The third-order valence-electron chi connectivity index (χ3n) is 7.69. The number of benzene rings is 1. The topological polar surface area (TPSA) is 66.6 Å². The molecule has 1 aromatic rings. The average Bonchev–Trinajstić information content (AvgIpc) is 3.36. The van der Waals surface area contributed by atoms with Crippen molar-refractivity contribution in [2.24, 2.45) is 11.1 Å². The normalized spacial score (nSPS) is 25.3. The summed E-state index contributed by atoms with van der Waals surface area (Å²) in [5, 5.41) is 0. The minimum absolute atomic E-state index is 0.0103. The smallest absolute Gasteiger partial charge is 0.255 e. The van der Waals surface area contributed by atoms with Crippen LogP contribution in [-0.4, -0.2) is 46.8 Å². The molecule has 150 valence electrons. The van der Waals surface area contributed by atoms with Crippen LogP contribution in [0.15, 0.2) is 12.1 Å². The molecule has 4 aliphatic rings. The van der Waals surface area contributed by atoms with E-state index in [9.17, 15) is 14.0 Å². The molecule has 2 heterocycles. The highest BCUT2D eigenvalue weighted by Gasteiger charge is 2.46. The lowest BCUT2D eigenvalue weighted by atomic mass is 9.82. The van der Waals surface area contributed by atoms with Gasteiger partial charge in [0, 0.05) is 31.7 Å². The Hall–Kier alpha value is -1.95. The number of nitrogens with zero attached hydrogens (tertiary/aromatic N) is 2. The summed E-state index contributed by atoms with van der Waals surface area (Å²) in [7, 11) is 0. The second-order valence-corrected chi connectivity index (χ2v) is 9.28. The van der Waals surface area contributed by atoms with Crippen molar-refractivity contribution in [1.82, 2.24) is 9.80 Å². The first-order chi connectivity index (χ1) is 13.5. The van der Waals surface area contributed by atoms with Gasteiger partial charge in [0.15, 0.2) is 0 Å². The van der Waals surface area contributed by atoms with E-state index in [-0.39, 0.29) is 17.5 Å². The Labute approximate surface area is 165 Å². The van der Waals surface area contributed by atoms with E-state index in [4.69, 9.17) is 5.73 Å². The van der Waals surface area contributed by atoms with Gasteiger partial charge < -0.3 is 15.5 Å². The summed E-state index contributed by atoms with van der Waals surface area (Å²) in [6, 6.07) is 3.30. The van der Waals surface area contributed by atoms with Gasteiger partial charge in [0.05, 0.1) is 11.1 Å². The molecule has 1 aromatic carbocycles. The predicted molar refractivity (Wildman–Crippen MR) is 103 cm³/mol. The summed E-state index contributed by atoms with van der Waals surface area (Å²) in [6.07, 6.45) is 10.2. The number of primary amides is 1. The van der Waals surface area contributed by atoms with Gasteiger partial charge in [-0.1, -0.05) is 0 Å². The van der Waals surface area contributed by atoms with Crippen LogP contribution in [0, 0.1) is 11.2 Å². The van der Waals surface area contributed by atoms with E-state index in [1.54, 1.807) is 0 Å². The first-order valence-electron chi connectivity index (χ1n) is 10.6. The second kappa shape index (κ2) is 6.55. The van der Waals surface area contributed by atoms with Gasteiger partial charge in [0.25, 0.3) is 5.91 Å². The first kappa shape index (κ1) is 18.1. The van der Waals surface area contributed by atoms with Crippen molar-refractivity contribution in [2.75, 3.05) is 13.1 Å².